The van der Waals surface area contributed by atoms with Gasteiger partial charge in [0, 0.05) is 6.54 Å². The van der Waals surface area contributed by atoms with E-state index in [1.807, 2.05) is 13.8 Å². The number of rotatable bonds is 4. The largest absolute Gasteiger partial charge is 0.391 e. The van der Waals surface area contributed by atoms with E-state index >= 15 is 0 Å². The van der Waals surface area contributed by atoms with Gasteiger partial charge in [-0.3, -0.25) is 0 Å². The van der Waals surface area contributed by atoms with Gasteiger partial charge in [0.05, 0.1) is 12.3 Å². The molecule has 0 saturated carbocycles. The highest BCUT2D eigenvalue weighted by atomic mass is 19.1. The highest BCUT2D eigenvalue weighted by Gasteiger charge is 2.08. The fraction of sp³-hybridized carbons (Fsp3) is 0.500. The fourth-order valence-electron chi connectivity index (χ4n) is 0.925. The zero-order valence-electron chi connectivity index (χ0n) is 8.37. The maximum absolute atomic E-state index is 12.5. The summed E-state index contributed by atoms with van der Waals surface area (Å²) in [4.78, 5) is 3.81. The van der Waals surface area contributed by atoms with Crippen molar-refractivity contribution in [1.29, 1.82) is 0 Å². The third-order valence-electron chi connectivity index (χ3n) is 1.99. The van der Waals surface area contributed by atoms with Crippen LogP contribution in [-0.4, -0.2) is 22.7 Å². The lowest BCUT2D eigenvalue weighted by Crippen LogP contribution is -2.25. The van der Waals surface area contributed by atoms with Crippen LogP contribution in [0, 0.1) is 11.7 Å². The van der Waals surface area contributed by atoms with Crippen LogP contribution in [0.2, 0.25) is 0 Å². The van der Waals surface area contributed by atoms with E-state index in [4.69, 9.17) is 0 Å². The van der Waals surface area contributed by atoms with Crippen LogP contribution >= 0.6 is 0 Å². The molecule has 0 bridgehead atoms. The molecule has 0 aliphatic rings. The predicted molar refractivity (Wildman–Crippen MR) is 53.5 cm³/mol. The van der Waals surface area contributed by atoms with Crippen molar-refractivity contribution >= 4 is 5.82 Å². The van der Waals surface area contributed by atoms with E-state index in [0.717, 1.165) is 6.20 Å². The molecule has 0 saturated heterocycles. The molecule has 0 amide bonds. The zero-order valence-corrected chi connectivity index (χ0v) is 8.37. The van der Waals surface area contributed by atoms with Gasteiger partial charge in [-0.15, -0.1) is 0 Å². The van der Waals surface area contributed by atoms with Gasteiger partial charge in [-0.25, -0.2) is 9.37 Å². The summed E-state index contributed by atoms with van der Waals surface area (Å²) in [5.41, 5.74) is 0. The van der Waals surface area contributed by atoms with Crippen molar-refractivity contribution in [3.8, 4) is 0 Å². The molecule has 0 aromatic carbocycles. The Morgan fingerprint density at radius 1 is 1.50 bits per heavy atom. The fourth-order valence-corrected chi connectivity index (χ4v) is 0.925. The third kappa shape index (κ3) is 3.30. The minimum atomic E-state index is -0.415. The molecule has 1 unspecified atom stereocenters. The predicted octanol–water partition coefficient (Wildman–Crippen LogP) is 1.65. The van der Waals surface area contributed by atoms with Crippen LogP contribution in [0.1, 0.15) is 13.8 Å². The average Bonchev–Trinajstić information content (AvgIpc) is 2.16. The SMILES string of the molecule is CC(C)C(O)CNc1ccc(F)cn1. The monoisotopic (exact) mass is 198 g/mol. The van der Waals surface area contributed by atoms with Crippen molar-refractivity contribution in [3.63, 3.8) is 0 Å². The van der Waals surface area contributed by atoms with Crippen LogP contribution in [0.3, 0.4) is 0 Å². The summed E-state index contributed by atoms with van der Waals surface area (Å²) >= 11 is 0. The molecule has 1 aromatic heterocycles. The molecule has 1 rings (SSSR count). The number of pyridine rings is 1. The van der Waals surface area contributed by atoms with Crippen molar-refractivity contribution in [3.05, 3.63) is 24.1 Å². The second-order valence-corrected chi connectivity index (χ2v) is 3.55. The summed E-state index contributed by atoms with van der Waals surface area (Å²) in [6, 6.07) is 2.87. The molecule has 4 heteroatoms. The molecule has 1 atom stereocenters. The Morgan fingerprint density at radius 2 is 2.21 bits per heavy atom. The maximum atomic E-state index is 12.5. The van der Waals surface area contributed by atoms with Crippen molar-refractivity contribution < 1.29 is 9.50 Å². The van der Waals surface area contributed by atoms with Gasteiger partial charge in [0.15, 0.2) is 0 Å². The number of anilines is 1. The Kier molecular flexibility index (Phi) is 3.83. The van der Waals surface area contributed by atoms with Gasteiger partial charge >= 0.3 is 0 Å². The summed E-state index contributed by atoms with van der Waals surface area (Å²) < 4.78 is 12.5. The second-order valence-electron chi connectivity index (χ2n) is 3.55. The number of halogens is 1. The smallest absolute Gasteiger partial charge is 0.141 e. The van der Waals surface area contributed by atoms with E-state index in [0.29, 0.717) is 12.4 Å². The van der Waals surface area contributed by atoms with E-state index in [-0.39, 0.29) is 11.7 Å². The molecule has 0 fully saturated rings. The molecule has 2 N–H and O–H groups in total. The maximum Gasteiger partial charge on any atom is 0.141 e. The van der Waals surface area contributed by atoms with E-state index in [2.05, 4.69) is 10.3 Å². The number of nitrogens with one attached hydrogen (secondary N) is 1. The lowest BCUT2D eigenvalue weighted by Gasteiger charge is -2.15. The number of hydrogen-bond donors (Lipinski definition) is 2. The number of aliphatic hydroxyl groups excluding tert-OH is 1. The Balaban J connectivity index is 2.42. The van der Waals surface area contributed by atoms with E-state index in [1.54, 1.807) is 6.07 Å². The molecule has 0 aliphatic heterocycles. The average molecular weight is 198 g/mol. The van der Waals surface area contributed by atoms with Crippen molar-refractivity contribution in [2.24, 2.45) is 5.92 Å². The first-order valence-corrected chi connectivity index (χ1v) is 4.63. The number of nitrogens with zero attached hydrogens (tertiary/aromatic N) is 1. The topological polar surface area (TPSA) is 45.1 Å². The first-order chi connectivity index (χ1) is 6.59. The normalized spacial score (nSPS) is 12.9. The number of aromatic nitrogens is 1. The molecule has 0 radical (unpaired) electrons. The van der Waals surface area contributed by atoms with Crippen LogP contribution in [0.25, 0.3) is 0 Å². The summed E-state index contributed by atoms with van der Waals surface area (Å²) in [7, 11) is 0. The van der Waals surface area contributed by atoms with Crippen LogP contribution in [0.4, 0.5) is 10.2 Å². The number of aliphatic hydroxyl groups is 1. The van der Waals surface area contributed by atoms with Crippen LogP contribution < -0.4 is 5.32 Å². The third-order valence-corrected chi connectivity index (χ3v) is 1.99. The van der Waals surface area contributed by atoms with Crippen molar-refractivity contribution in [2.75, 3.05) is 11.9 Å². The van der Waals surface area contributed by atoms with Gasteiger partial charge in [-0.05, 0) is 18.1 Å². The first kappa shape index (κ1) is 10.9. The van der Waals surface area contributed by atoms with Gasteiger partial charge in [0.2, 0.25) is 0 Å². The van der Waals surface area contributed by atoms with Gasteiger partial charge in [-0.2, -0.15) is 0 Å². The molecule has 1 aromatic rings. The van der Waals surface area contributed by atoms with Crippen LogP contribution in [-0.2, 0) is 0 Å². The Bertz CT molecular complexity index is 274. The van der Waals surface area contributed by atoms with Crippen molar-refractivity contribution in [1.82, 2.24) is 4.98 Å². The Labute approximate surface area is 83.0 Å². The standard InChI is InChI=1S/C10H15FN2O/c1-7(2)9(14)6-13-10-4-3-8(11)5-12-10/h3-5,7,9,14H,6H2,1-2H3,(H,12,13). The first-order valence-electron chi connectivity index (χ1n) is 4.63. The minimum Gasteiger partial charge on any atom is -0.391 e. The van der Waals surface area contributed by atoms with Gasteiger partial charge in [-0.1, -0.05) is 13.8 Å². The Morgan fingerprint density at radius 3 is 2.71 bits per heavy atom. The molecule has 1 heterocycles. The highest BCUT2D eigenvalue weighted by Crippen LogP contribution is 2.06. The van der Waals surface area contributed by atoms with Crippen LogP contribution in [0.15, 0.2) is 18.3 Å². The summed E-state index contributed by atoms with van der Waals surface area (Å²) in [5, 5.41) is 12.4. The molecule has 14 heavy (non-hydrogen) atoms. The van der Waals surface area contributed by atoms with E-state index in [9.17, 15) is 9.50 Å². The molecular formula is C10H15FN2O. The second kappa shape index (κ2) is 4.91. The zero-order chi connectivity index (χ0) is 10.6. The molecule has 0 aliphatic carbocycles. The lowest BCUT2D eigenvalue weighted by atomic mass is 10.1. The number of hydrogen-bond acceptors (Lipinski definition) is 3. The van der Waals surface area contributed by atoms with Crippen LogP contribution in [0.5, 0.6) is 0 Å². The molecule has 78 valence electrons. The van der Waals surface area contributed by atoms with E-state index < -0.39 is 6.10 Å². The molecular weight excluding hydrogens is 183 g/mol. The summed E-state index contributed by atoms with van der Waals surface area (Å²) in [5.74, 6) is 0.411. The van der Waals surface area contributed by atoms with Gasteiger partial charge in [0.1, 0.15) is 11.6 Å². The van der Waals surface area contributed by atoms with Crippen molar-refractivity contribution in [2.45, 2.75) is 20.0 Å². The Hall–Kier alpha value is -1.16. The summed E-state index contributed by atoms with van der Waals surface area (Å²) in [6.07, 6.45) is 0.728. The van der Waals surface area contributed by atoms with E-state index in [1.165, 1.54) is 6.07 Å². The molecule has 3 nitrogen and oxygen atoms in total. The molecule has 0 spiro atoms. The summed E-state index contributed by atoms with van der Waals surface area (Å²) in [6.45, 7) is 4.30. The van der Waals surface area contributed by atoms with Gasteiger partial charge < -0.3 is 10.4 Å². The quantitative estimate of drug-likeness (QED) is 0.773. The highest BCUT2D eigenvalue weighted by molar-refractivity contribution is 5.33. The minimum absolute atomic E-state index is 0.197. The lowest BCUT2D eigenvalue weighted by molar-refractivity contribution is 0.138. The van der Waals surface area contributed by atoms with Gasteiger partial charge in [0.25, 0.3) is 0 Å².